The lowest BCUT2D eigenvalue weighted by atomic mass is 9.88. The summed E-state index contributed by atoms with van der Waals surface area (Å²) in [6.07, 6.45) is 3.46. The second-order valence-electron chi connectivity index (χ2n) is 5.72. The Balaban J connectivity index is 1.91. The van der Waals surface area contributed by atoms with Gasteiger partial charge in [-0.25, -0.2) is 13.2 Å². The van der Waals surface area contributed by atoms with Gasteiger partial charge >= 0.3 is 0 Å². The zero-order valence-electron chi connectivity index (χ0n) is 12.1. The Morgan fingerprint density at radius 1 is 1.14 bits per heavy atom. The summed E-state index contributed by atoms with van der Waals surface area (Å²) in [6.45, 7) is 1.48. The summed E-state index contributed by atoms with van der Waals surface area (Å²) in [4.78, 5) is 23.7. The SMILES string of the molecule is CC1(C(=O)NCC(=O)Nc2ccc(F)c(F)c2F)CCCC1. The van der Waals surface area contributed by atoms with Crippen molar-refractivity contribution in [3.8, 4) is 0 Å². The second kappa shape index (κ2) is 6.37. The van der Waals surface area contributed by atoms with E-state index in [0.717, 1.165) is 31.7 Å². The molecule has 0 saturated heterocycles. The molecule has 0 aliphatic heterocycles. The zero-order valence-corrected chi connectivity index (χ0v) is 12.1. The van der Waals surface area contributed by atoms with Crippen molar-refractivity contribution >= 4 is 17.5 Å². The first-order valence-electron chi connectivity index (χ1n) is 7.05. The van der Waals surface area contributed by atoms with Gasteiger partial charge in [0.25, 0.3) is 0 Å². The lowest BCUT2D eigenvalue weighted by Crippen LogP contribution is -2.41. The average Bonchev–Trinajstić information content (AvgIpc) is 2.93. The Bertz CT molecular complexity index is 599. The highest BCUT2D eigenvalue weighted by Gasteiger charge is 2.36. The van der Waals surface area contributed by atoms with Gasteiger partial charge in [0.2, 0.25) is 11.8 Å². The summed E-state index contributed by atoms with van der Waals surface area (Å²) in [5, 5.41) is 4.59. The minimum atomic E-state index is -1.65. The molecule has 0 bridgehead atoms. The van der Waals surface area contributed by atoms with Gasteiger partial charge in [-0.3, -0.25) is 9.59 Å². The van der Waals surface area contributed by atoms with Crippen molar-refractivity contribution in [3.63, 3.8) is 0 Å². The second-order valence-corrected chi connectivity index (χ2v) is 5.72. The molecular weight excluding hydrogens is 297 g/mol. The molecule has 0 atom stereocenters. The standard InChI is InChI=1S/C15H17F3N2O2/c1-15(6-2-3-7-15)14(22)19-8-11(21)20-10-5-4-9(16)12(17)13(10)18/h4-5H,2-3,6-8H2,1H3,(H,19,22)(H,20,21). The first kappa shape index (κ1) is 16.3. The number of hydrogen-bond acceptors (Lipinski definition) is 2. The Morgan fingerprint density at radius 2 is 1.77 bits per heavy atom. The van der Waals surface area contributed by atoms with E-state index in [2.05, 4.69) is 10.6 Å². The maximum Gasteiger partial charge on any atom is 0.243 e. The molecule has 1 aliphatic carbocycles. The first-order valence-corrected chi connectivity index (χ1v) is 7.05. The third-order valence-electron chi connectivity index (χ3n) is 3.97. The Kier molecular flexibility index (Phi) is 4.73. The van der Waals surface area contributed by atoms with E-state index in [1.54, 1.807) is 0 Å². The van der Waals surface area contributed by atoms with Crippen LogP contribution in [0.4, 0.5) is 18.9 Å². The molecule has 1 fully saturated rings. The highest BCUT2D eigenvalue weighted by atomic mass is 19.2. The molecule has 0 aromatic heterocycles. The first-order chi connectivity index (χ1) is 10.3. The molecule has 0 radical (unpaired) electrons. The molecule has 2 amide bonds. The lowest BCUT2D eigenvalue weighted by molar-refractivity contribution is -0.131. The molecule has 1 aliphatic rings. The van der Waals surface area contributed by atoms with Crippen molar-refractivity contribution in [3.05, 3.63) is 29.6 Å². The smallest absolute Gasteiger partial charge is 0.243 e. The minimum Gasteiger partial charge on any atom is -0.347 e. The van der Waals surface area contributed by atoms with Crippen LogP contribution in [0, 0.1) is 22.9 Å². The summed E-state index contributed by atoms with van der Waals surface area (Å²) in [5.74, 6) is -5.40. The van der Waals surface area contributed by atoms with E-state index in [0.29, 0.717) is 6.07 Å². The van der Waals surface area contributed by atoms with Crippen LogP contribution < -0.4 is 10.6 Å². The number of halogens is 3. The van der Waals surface area contributed by atoms with Gasteiger partial charge in [-0.2, -0.15) is 0 Å². The predicted octanol–water partition coefficient (Wildman–Crippen LogP) is 2.74. The molecule has 0 heterocycles. The van der Waals surface area contributed by atoms with Gasteiger partial charge in [-0.1, -0.05) is 19.8 Å². The van der Waals surface area contributed by atoms with Crippen molar-refractivity contribution in [2.75, 3.05) is 11.9 Å². The molecule has 22 heavy (non-hydrogen) atoms. The number of amides is 2. The molecule has 120 valence electrons. The average molecular weight is 314 g/mol. The van der Waals surface area contributed by atoms with E-state index < -0.39 is 34.5 Å². The molecule has 4 nitrogen and oxygen atoms in total. The highest BCUT2D eigenvalue weighted by Crippen LogP contribution is 2.37. The van der Waals surface area contributed by atoms with Crippen LogP contribution in [-0.4, -0.2) is 18.4 Å². The summed E-state index contributed by atoms with van der Waals surface area (Å²) < 4.78 is 39.2. The quantitative estimate of drug-likeness (QED) is 0.840. The van der Waals surface area contributed by atoms with Crippen molar-refractivity contribution in [2.24, 2.45) is 5.41 Å². The molecule has 1 aromatic rings. The Morgan fingerprint density at radius 3 is 2.41 bits per heavy atom. The lowest BCUT2D eigenvalue weighted by Gasteiger charge is -2.22. The molecule has 7 heteroatoms. The topological polar surface area (TPSA) is 58.2 Å². The van der Waals surface area contributed by atoms with E-state index in [-0.39, 0.29) is 12.5 Å². The Hall–Kier alpha value is -2.05. The molecule has 1 saturated carbocycles. The molecule has 1 aromatic carbocycles. The van der Waals surface area contributed by atoms with Crippen LogP contribution in [-0.2, 0) is 9.59 Å². The van der Waals surface area contributed by atoms with E-state index in [1.165, 1.54) is 0 Å². The van der Waals surface area contributed by atoms with E-state index >= 15 is 0 Å². The van der Waals surface area contributed by atoms with Crippen LogP contribution in [0.1, 0.15) is 32.6 Å². The maximum absolute atomic E-state index is 13.4. The van der Waals surface area contributed by atoms with Crippen LogP contribution in [0.2, 0.25) is 0 Å². The van der Waals surface area contributed by atoms with Crippen LogP contribution in [0.25, 0.3) is 0 Å². The number of carbonyl (C=O) groups excluding carboxylic acids is 2. The fraction of sp³-hybridized carbons (Fsp3) is 0.467. The summed E-state index contributed by atoms with van der Waals surface area (Å²) in [5.41, 5.74) is -0.946. The molecular formula is C15H17F3N2O2. The largest absolute Gasteiger partial charge is 0.347 e. The highest BCUT2D eigenvalue weighted by molar-refractivity contribution is 5.95. The fourth-order valence-corrected chi connectivity index (χ4v) is 2.57. The fourth-order valence-electron chi connectivity index (χ4n) is 2.57. The minimum absolute atomic E-state index is 0.231. The van der Waals surface area contributed by atoms with Crippen LogP contribution in [0.5, 0.6) is 0 Å². The van der Waals surface area contributed by atoms with Gasteiger partial charge in [0.15, 0.2) is 17.5 Å². The monoisotopic (exact) mass is 314 g/mol. The van der Waals surface area contributed by atoms with Gasteiger partial charge in [0.05, 0.1) is 12.2 Å². The van der Waals surface area contributed by atoms with Gasteiger partial charge in [-0.05, 0) is 25.0 Å². The van der Waals surface area contributed by atoms with E-state index in [9.17, 15) is 22.8 Å². The third kappa shape index (κ3) is 3.40. The van der Waals surface area contributed by atoms with Crippen molar-refractivity contribution in [1.29, 1.82) is 0 Å². The van der Waals surface area contributed by atoms with Crippen molar-refractivity contribution in [1.82, 2.24) is 5.32 Å². The molecule has 2 N–H and O–H groups in total. The van der Waals surface area contributed by atoms with Crippen LogP contribution in [0.15, 0.2) is 12.1 Å². The van der Waals surface area contributed by atoms with Crippen molar-refractivity contribution in [2.45, 2.75) is 32.6 Å². The third-order valence-corrected chi connectivity index (χ3v) is 3.97. The summed E-state index contributed by atoms with van der Waals surface area (Å²) in [7, 11) is 0. The number of nitrogens with one attached hydrogen (secondary N) is 2. The Labute approximate surface area is 126 Å². The number of carbonyl (C=O) groups is 2. The molecule has 0 unspecified atom stereocenters. The van der Waals surface area contributed by atoms with Gasteiger partial charge in [0.1, 0.15) is 0 Å². The van der Waals surface area contributed by atoms with E-state index in [4.69, 9.17) is 0 Å². The van der Waals surface area contributed by atoms with Gasteiger partial charge < -0.3 is 10.6 Å². The number of anilines is 1. The zero-order chi connectivity index (χ0) is 16.3. The van der Waals surface area contributed by atoms with Gasteiger partial charge in [-0.15, -0.1) is 0 Å². The predicted molar refractivity (Wildman–Crippen MR) is 74.5 cm³/mol. The van der Waals surface area contributed by atoms with Gasteiger partial charge in [0, 0.05) is 5.41 Å². The number of rotatable bonds is 4. The normalized spacial score (nSPS) is 16.4. The molecule has 2 rings (SSSR count). The molecule has 0 spiro atoms. The number of benzene rings is 1. The number of hydrogen-bond donors (Lipinski definition) is 2. The van der Waals surface area contributed by atoms with Crippen LogP contribution in [0.3, 0.4) is 0 Å². The van der Waals surface area contributed by atoms with E-state index in [1.807, 2.05) is 6.92 Å². The summed E-state index contributed by atoms with van der Waals surface area (Å²) in [6, 6.07) is 1.64. The summed E-state index contributed by atoms with van der Waals surface area (Å²) >= 11 is 0. The van der Waals surface area contributed by atoms with Crippen molar-refractivity contribution < 1.29 is 22.8 Å². The van der Waals surface area contributed by atoms with Crippen LogP contribution >= 0.6 is 0 Å². The maximum atomic E-state index is 13.4.